The van der Waals surface area contributed by atoms with Gasteiger partial charge in [0.1, 0.15) is 6.04 Å². The number of esters is 2. The Bertz CT molecular complexity index is 644. The van der Waals surface area contributed by atoms with Gasteiger partial charge in [-0.3, -0.25) is 9.59 Å². The van der Waals surface area contributed by atoms with Gasteiger partial charge in [0.2, 0.25) is 0 Å². The predicted octanol–water partition coefficient (Wildman–Crippen LogP) is 1.35. The van der Waals surface area contributed by atoms with Crippen LogP contribution in [-0.4, -0.2) is 43.2 Å². The fourth-order valence-electron chi connectivity index (χ4n) is 2.01. The van der Waals surface area contributed by atoms with Crippen molar-refractivity contribution in [1.29, 1.82) is 0 Å². The average Bonchev–Trinajstić information content (AvgIpc) is 2.62. The summed E-state index contributed by atoms with van der Waals surface area (Å²) in [7, 11) is 2.23. The molecule has 7 nitrogen and oxygen atoms in total. The lowest BCUT2D eigenvalue weighted by molar-refractivity contribution is -0.147. The number of aliphatic hydroxyl groups excluding tert-OH is 1. The number of carbonyl (C=O) groups is 3. The van der Waals surface area contributed by atoms with Crippen molar-refractivity contribution in [3.05, 3.63) is 35.4 Å². The molecule has 144 valence electrons. The van der Waals surface area contributed by atoms with Crippen LogP contribution in [0.2, 0.25) is 0 Å². The molecule has 0 aromatic heterocycles. The van der Waals surface area contributed by atoms with Gasteiger partial charge in [-0.15, -0.1) is 0 Å². The summed E-state index contributed by atoms with van der Waals surface area (Å²) < 4.78 is 46.5. The van der Waals surface area contributed by atoms with Gasteiger partial charge in [0, 0.05) is 6.42 Å². The third kappa shape index (κ3) is 6.03. The second-order valence-electron chi connectivity index (χ2n) is 5.22. The Morgan fingerprint density at radius 3 is 2.15 bits per heavy atom. The summed E-state index contributed by atoms with van der Waals surface area (Å²) >= 11 is 0. The van der Waals surface area contributed by atoms with Crippen LogP contribution in [0.4, 0.5) is 13.2 Å². The number of ether oxygens (including phenoxy) is 2. The van der Waals surface area contributed by atoms with E-state index in [4.69, 9.17) is 0 Å². The Morgan fingerprint density at radius 1 is 1.12 bits per heavy atom. The molecule has 0 spiro atoms. The first kappa shape index (κ1) is 21.4. The van der Waals surface area contributed by atoms with E-state index in [1.807, 2.05) is 0 Å². The van der Waals surface area contributed by atoms with Gasteiger partial charge in [-0.25, -0.2) is 4.79 Å². The van der Waals surface area contributed by atoms with Crippen LogP contribution in [-0.2, 0) is 30.0 Å². The molecular formula is C16H18F3NO6. The van der Waals surface area contributed by atoms with E-state index in [1.54, 1.807) is 0 Å². The van der Waals surface area contributed by atoms with Crippen LogP contribution in [0.1, 0.15) is 30.1 Å². The number of carbonyl (C=O) groups excluding carboxylic acids is 3. The van der Waals surface area contributed by atoms with Crippen molar-refractivity contribution in [3.63, 3.8) is 0 Å². The van der Waals surface area contributed by atoms with Gasteiger partial charge in [-0.05, 0) is 24.1 Å². The Morgan fingerprint density at radius 2 is 1.69 bits per heavy atom. The first-order valence-corrected chi connectivity index (χ1v) is 7.40. The zero-order valence-electron chi connectivity index (χ0n) is 14.0. The largest absolute Gasteiger partial charge is 0.469 e. The van der Waals surface area contributed by atoms with E-state index in [0.29, 0.717) is 0 Å². The summed E-state index contributed by atoms with van der Waals surface area (Å²) in [5.41, 5.74) is -1.02. The zero-order valence-corrected chi connectivity index (χ0v) is 14.0. The van der Waals surface area contributed by atoms with Crippen LogP contribution >= 0.6 is 0 Å². The summed E-state index contributed by atoms with van der Waals surface area (Å²) in [6, 6.07) is 2.13. The van der Waals surface area contributed by atoms with Crippen LogP contribution < -0.4 is 5.32 Å². The van der Waals surface area contributed by atoms with Crippen molar-refractivity contribution in [2.24, 2.45) is 0 Å². The van der Waals surface area contributed by atoms with Gasteiger partial charge >= 0.3 is 18.1 Å². The molecule has 26 heavy (non-hydrogen) atoms. The highest BCUT2D eigenvalue weighted by Crippen LogP contribution is 2.30. The highest BCUT2D eigenvalue weighted by molar-refractivity contribution is 5.87. The van der Waals surface area contributed by atoms with E-state index in [-0.39, 0.29) is 18.4 Å². The number of aliphatic hydroxyl groups is 1. The van der Waals surface area contributed by atoms with E-state index < -0.39 is 41.7 Å². The Balaban J connectivity index is 2.81. The lowest BCUT2D eigenvalue weighted by atomic mass is 10.1. The van der Waals surface area contributed by atoms with Crippen LogP contribution in [0.5, 0.6) is 0 Å². The van der Waals surface area contributed by atoms with E-state index in [1.165, 1.54) is 0 Å². The fourth-order valence-corrected chi connectivity index (χ4v) is 2.01. The van der Waals surface area contributed by atoms with Crippen molar-refractivity contribution in [3.8, 4) is 0 Å². The zero-order chi connectivity index (χ0) is 19.9. The van der Waals surface area contributed by atoms with Crippen molar-refractivity contribution >= 4 is 17.8 Å². The molecule has 0 saturated heterocycles. The molecule has 0 aliphatic rings. The van der Waals surface area contributed by atoms with Gasteiger partial charge in [0.15, 0.2) is 6.10 Å². The average molecular weight is 377 g/mol. The van der Waals surface area contributed by atoms with E-state index in [2.05, 4.69) is 14.8 Å². The third-order valence-electron chi connectivity index (χ3n) is 3.47. The molecule has 10 heteroatoms. The summed E-state index contributed by atoms with van der Waals surface area (Å²) in [4.78, 5) is 34.9. The molecule has 0 unspecified atom stereocenters. The number of hydrogen-bond acceptors (Lipinski definition) is 6. The van der Waals surface area contributed by atoms with Crippen LogP contribution in [0.3, 0.4) is 0 Å². The molecule has 1 aromatic carbocycles. The molecule has 0 radical (unpaired) electrons. The minimum atomic E-state index is -4.55. The summed E-state index contributed by atoms with van der Waals surface area (Å²) in [5, 5.41) is 12.2. The minimum Gasteiger partial charge on any atom is -0.469 e. The Kier molecular flexibility index (Phi) is 7.56. The maximum atomic E-state index is 12.5. The van der Waals surface area contributed by atoms with Crippen molar-refractivity contribution in [1.82, 2.24) is 5.32 Å². The number of methoxy groups -OCH3 is 2. The molecule has 0 saturated carbocycles. The molecule has 0 bridgehead atoms. The molecule has 2 atom stereocenters. The van der Waals surface area contributed by atoms with E-state index in [9.17, 15) is 32.7 Å². The van der Waals surface area contributed by atoms with Gasteiger partial charge < -0.3 is 19.9 Å². The van der Waals surface area contributed by atoms with Crippen molar-refractivity contribution in [2.75, 3.05) is 14.2 Å². The predicted molar refractivity (Wildman–Crippen MR) is 81.6 cm³/mol. The van der Waals surface area contributed by atoms with Gasteiger partial charge in [0.05, 0.1) is 19.8 Å². The molecule has 1 rings (SSSR count). The number of amides is 1. The molecule has 0 fully saturated rings. The lowest BCUT2D eigenvalue weighted by Crippen LogP contribution is -2.44. The molecule has 0 aliphatic carbocycles. The number of halogens is 3. The Labute approximate surface area is 147 Å². The smallest absolute Gasteiger partial charge is 0.416 e. The quantitative estimate of drug-likeness (QED) is 0.696. The van der Waals surface area contributed by atoms with Crippen molar-refractivity contribution in [2.45, 2.75) is 31.2 Å². The first-order valence-electron chi connectivity index (χ1n) is 7.40. The van der Waals surface area contributed by atoms with Gasteiger partial charge in [-0.2, -0.15) is 13.2 Å². The van der Waals surface area contributed by atoms with Gasteiger partial charge in [-0.1, -0.05) is 12.1 Å². The lowest BCUT2D eigenvalue weighted by Gasteiger charge is -2.19. The molecule has 2 N–H and O–H groups in total. The molecule has 0 heterocycles. The second-order valence-corrected chi connectivity index (χ2v) is 5.22. The summed E-state index contributed by atoms with van der Waals surface area (Å²) in [6.07, 6.45) is -6.67. The highest BCUT2D eigenvalue weighted by atomic mass is 19.4. The summed E-state index contributed by atoms with van der Waals surface area (Å²) in [6.45, 7) is 0. The first-order chi connectivity index (χ1) is 12.1. The van der Waals surface area contributed by atoms with Crippen LogP contribution in [0, 0.1) is 0 Å². The number of benzene rings is 1. The topological polar surface area (TPSA) is 102 Å². The molecule has 1 amide bonds. The van der Waals surface area contributed by atoms with Gasteiger partial charge in [0.25, 0.3) is 5.91 Å². The molecule has 0 aliphatic heterocycles. The number of nitrogens with one attached hydrogen (secondary N) is 1. The van der Waals surface area contributed by atoms with Crippen molar-refractivity contribution < 1.29 is 42.1 Å². The second kappa shape index (κ2) is 9.18. The molecular weight excluding hydrogens is 359 g/mol. The third-order valence-corrected chi connectivity index (χ3v) is 3.47. The Hall–Kier alpha value is -2.62. The highest BCUT2D eigenvalue weighted by Gasteiger charge is 2.31. The SMILES string of the molecule is COC(=O)CC[C@@H](NC(=O)[C@@H](O)c1ccc(C(F)(F)F)cc1)C(=O)OC. The van der Waals surface area contributed by atoms with E-state index >= 15 is 0 Å². The maximum absolute atomic E-state index is 12.5. The number of hydrogen-bond donors (Lipinski definition) is 2. The minimum absolute atomic E-state index is 0.0907. The standard InChI is InChI=1S/C16H18F3NO6/c1-25-12(21)8-7-11(15(24)26-2)20-14(23)13(22)9-3-5-10(6-4-9)16(17,18)19/h3-6,11,13,22H,7-8H2,1-2H3,(H,20,23)/t11-,13+/m1/s1. The number of rotatable bonds is 7. The van der Waals surface area contributed by atoms with Crippen LogP contribution in [0.15, 0.2) is 24.3 Å². The monoisotopic (exact) mass is 377 g/mol. The van der Waals surface area contributed by atoms with E-state index in [0.717, 1.165) is 38.5 Å². The fraction of sp³-hybridized carbons (Fsp3) is 0.438. The maximum Gasteiger partial charge on any atom is 0.416 e. The number of alkyl halides is 3. The normalized spacial score (nSPS) is 13.5. The molecule has 1 aromatic rings. The summed E-state index contributed by atoms with van der Waals surface area (Å²) in [5.74, 6) is -2.48. The van der Waals surface area contributed by atoms with Crippen LogP contribution in [0.25, 0.3) is 0 Å².